The molecule has 7 rings (SSSR count). The third-order valence-corrected chi connectivity index (χ3v) is 7.79. The zero-order valence-electron chi connectivity index (χ0n) is 22.6. The molecule has 0 N–H and O–H groups in total. The monoisotopic (exact) mass is 512 g/mol. The van der Waals surface area contributed by atoms with Crippen molar-refractivity contribution in [1.82, 2.24) is 9.97 Å². The Bertz CT molecular complexity index is 1960. The fourth-order valence-corrected chi connectivity index (χ4v) is 5.87. The molecule has 2 heterocycles. The van der Waals surface area contributed by atoms with E-state index in [4.69, 9.17) is 4.98 Å². The van der Waals surface area contributed by atoms with E-state index in [1.54, 1.807) is 0 Å². The van der Waals surface area contributed by atoms with Gasteiger partial charge in [0, 0.05) is 29.2 Å². The number of fused-ring (bicyclic) bond motifs is 2. The summed E-state index contributed by atoms with van der Waals surface area (Å²) in [7, 11) is 0. The molecule has 5 aromatic carbocycles. The highest BCUT2D eigenvalue weighted by molar-refractivity contribution is 6.21. The van der Waals surface area contributed by atoms with E-state index >= 15 is 0 Å². The Morgan fingerprint density at radius 1 is 0.475 bits per heavy atom. The van der Waals surface area contributed by atoms with E-state index in [-0.39, 0.29) is 0 Å². The molecule has 0 spiro atoms. The Morgan fingerprint density at radius 3 is 1.68 bits per heavy atom. The molecule has 7 aromatic rings. The Hall–Kier alpha value is -5.08. The van der Waals surface area contributed by atoms with Gasteiger partial charge < -0.3 is 0 Å². The second-order valence-electron chi connectivity index (χ2n) is 10.4. The standard InChI is InChI=1S/C38H28N2/c1-25-21-22-39-24-35(25)27-17-19-28(20-18-27)37-31-12-3-5-14-33(31)38(34-15-6-4-13-32(34)37)30-11-8-10-29(23-30)36-16-7-9-26(2)40-36/h3-24H,1-2H3. The van der Waals surface area contributed by atoms with Crippen molar-refractivity contribution in [2.45, 2.75) is 13.8 Å². The molecule has 0 aliphatic carbocycles. The van der Waals surface area contributed by atoms with Crippen LogP contribution in [0.1, 0.15) is 11.3 Å². The molecule has 0 atom stereocenters. The van der Waals surface area contributed by atoms with Gasteiger partial charge in [-0.1, -0.05) is 97.1 Å². The maximum Gasteiger partial charge on any atom is 0.0705 e. The predicted molar refractivity (Wildman–Crippen MR) is 168 cm³/mol. The maximum atomic E-state index is 4.79. The average molecular weight is 513 g/mol. The highest BCUT2D eigenvalue weighted by atomic mass is 14.7. The van der Waals surface area contributed by atoms with Gasteiger partial charge in [-0.05, 0) is 93.0 Å². The molecule has 190 valence electrons. The second kappa shape index (κ2) is 9.91. The second-order valence-corrected chi connectivity index (χ2v) is 10.4. The van der Waals surface area contributed by atoms with Gasteiger partial charge in [0.05, 0.1) is 5.69 Å². The number of pyridine rings is 2. The zero-order chi connectivity index (χ0) is 27.1. The highest BCUT2D eigenvalue weighted by Gasteiger charge is 2.17. The van der Waals surface area contributed by atoms with Crippen LogP contribution < -0.4 is 0 Å². The van der Waals surface area contributed by atoms with Crippen molar-refractivity contribution in [3.05, 3.63) is 145 Å². The smallest absolute Gasteiger partial charge is 0.0705 e. The van der Waals surface area contributed by atoms with Crippen molar-refractivity contribution in [1.29, 1.82) is 0 Å². The number of hydrogen-bond acceptors (Lipinski definition) is 2. The van der Waals surface area contributed by atoms with Crippen LogP contribution in [0.15, 0.2) is 134 Å². The summed E-state index contributed by atoms with van der Waals surface area (Å²) >= 11 is 0. The Balaban J connectivity index is 1.45. The lowest BCUT2D eigenvalue weighted by Gasteiger charge is -2.18. The van der Waals surface area contributed by atoms with E-state index < -0.39 is 0 Å². The van der Waals surface area contributed by atoms with Crippen LogP contribution in [0.3, 0.4) is 0 Å². The van der Waals surface area contributed by atoms with Gasteiger partial charge in [-0.15, -0.1) is 0 Å². The van der Waals surface area contributed by atoms with Gasteiger partial charge in [-0.3, -0.25) is 9.97 Å². The number of aromatic nitrogens is 2. The van der Waals surface area contributed by atoms with Crippen LogP contribution in [0.25, 0.3) is 66.2 Å². The first-order valence-corrected chi connectivity index (χ1v) is 13.7. The van der Waals surface area contributed by atoms with Gasteiger partial charge in [0.25, 0.3) is 0 Å². The van der Waals surface area contributed by atoms with E-state index in [0.29, 0.717) is 0 Å². The van der Waals surface area contributed by atoms with Gasteiger partial charge in [0.1, 0.15) is 0 Å². The van der Waals surface area contributed by atoms with Crippen LogP contribution in [0, 0.1) is 13.8 Å². The van der Waals surface area contributed by atoms with Gasteiger partial charge in [-0.2, -0.15) is 0 Å². The SMILES string of the molecule is Cc1cccc(-c2cccc(-c3c4ccccc4c(-c4ccc(-c5cnccc5C)cc4)c4ccccc34)c2)n1. The lowest BCUT2D eigenvalue weighted by molar-refractivity contribution is 1.21. The minimum atomic E-state index is 0.996. The minimum absolute atomic E-state index is 0.996. The molecule has 2 aromatic heterocycles. The van der Waals surface area contributed by atoms with Crippen molar-refractivity contribution in [3.8, 4) is 44.6 Å². The Morgan fingerprint density at radius 2 is 1.05 bits per heavy atom. The Kier molecular flexibility index (Phi) is 5.94. The molecule has 0 saturated carbocycles. The van der Waals surface area contributed by atoms with Crippen LogP contribution in [0.2, 0.25) is 0 Å². The molecule has 0 amide bonds. The van der Waals surface area contributed by atoms with Crippen LogP contribution in [0.4, 0.5) is 0 Å². The fourth-order valence-electron chi connectivity index (χ4n) is 5.87. The third-order valence-electron chi connectivity index (χ3n) is 7.79. The third kappa shape index (κ3) is 4.15. The summed E-state index contributed by atoms with van der Waals surface area (Å²) in [4.78, 5) is 9.14. The lowest BCUT2D eigenvalue weighted by Crippen LogP contribution is -1.92. The molecular formula is C38H28N2. The molecule has 40 heavy (non-hydrogen) atoms. The summed E-state index contributed by atoms with van der Waals surface area (Å²) in [5.41, 5.74) is 11.6. The maximum absolute atomic E-state index is 4.79. The number of rotatable bonds is 4. The van der Waals surface area contributed by atoms with E-state index in [0.717, 1.165) is 17.0 Å². The fraction of sp³-hybridized carbons (Fsp3) is 0.0526. The number of benzene rings is 5. The predicted octanol–water partition coefficient (Wildman–Crippen LogP) is 10.1. The number of aryl methyl sites for hydroxylation is 2. The molecule has 0 unspecified atom stereocenters. The molecule has 2 nitrogen and oxygen atoms in total. The molecule has 0 aliphatic rings. The summed E-state index contributed by atoms with van der Waals surface area (Å²) in [6.07, 6.45) is 3.80. The molecular weight excluding hydrogens is 484 g/mol. The van der Waals surface area contributed by atoms with E-state index in [2.05, 4.69) is 127 Å². The first-order chi connectivity index (χ1) is 19.7. The summed E-state index contributed by atoms with van der Waals surface area (Å²) in [5.74, 6) is 0. The van der Waals surface area contributed by atoms with E-state index in [9.17, 15) is 0 Å². The van der Waals surface area contributed by atoms with Crippen LogP contribution in [0.5, 0.6) is 0 Å². The number of hydrogen-bond donors (Lipinski definition) is 0. The van der Waals surface area contributed by atoms with Crippen LogP contribution >= 0.6 is 0 Å². The van der Waals surface area contributed by atoms with E-state index in [1.165, 1.54) is 60.5 Å². The summed E-state index contributed by atoms with van der Waals surface area (Å²) in [6, 6.07) is 43.6. The molecule has 2 heteroatoms. The number of nitrogens with zero attached hydrogens (tertiary/aromatic N) is 2. The van der Waals surface area contributed by atoms with Crippen LogP contribution in [-0.4, -0.2) is 9.97 Å². The lowest BCUT2D eigenvalue weighted by atomic mass is 9.85. The topological polar surface area (TPSA) is 25.8 Å². The quantitative estimate of drug-likeness (QED) is 0.219. The molecule has 0 bridgehead atoms. The summed E-state index contributed by atoms with van der Waals surface area (Å²) in [5, 5.41) is 5.00. The first kappa shape index (κ1) is 24.0. The van der Waals surface area contributed by atoms with Crippen molar-refractivity contribution in [2.75, 3.05) is 0 Å². The van der Waals surface area contributed by atoms with Crippen LogP contribution in [-0.2, 0) is 0 Å². The molecule has 0 radical (unpaired) electrons. The zero-order valence-corrected chi connectivity index (χ0v) is 22.6. The summed E-state index contributed by atoms with van der Waals surface area (Å²) < 4.78 is 0. The first-order valence-electron chi connectivity index (χ1n) is 13.7. The van der Waals surface area contributed by atoms with Crippen molar-refractivity contribution in [3.63, 3.8) is 0 Å². The minimum Gasteiger partial charge on any atom is -0.264 e. The Labute approximate surface area is 234 Å². The van der Waals surface area contributed by atoms with Gasteiger partial charge in [-0.25, -0.2) is 0 Å². The molecule has 0 aliphatic heterocycles. The van der Waals surface area contributed by atoms with Gasteiger partial charge in [0.2, 0.25) is 0 Å². The van der Waals surface area contributed by atoms with Crippen molar-refractivity contribution in [2.24, 2.45) is 0 Å². The van der Waals surface area contributed by atoms with Gasteiger partial charge >= 0.3 is 0 Å². The normalized spacial score (nSPS) is 11.2. The average Bonchev–Trinajstić information content (AvgIpc) is 3.00. The van der Waals surface area contributed by atoms with Gasteiger partial charge in [0.15, 0.2) is 0 Å². The molecule has 0 fully saturated rings. The molecule has 0 saturated heterocycles. The largest absolute Gasteiger partial charge is 0.264 e. The van der Waals surface area contributed by atoms with Crippen molar-refractivity contribution >= 4 is 21.5 Å². The summed E-state index contributed by atoms with van der Waals surface area (Å²) in [6.45, 7) is 4.17. The van der Waals surface area contributed by atoms with Crippen molar-refractivity contribution < 1.29 is 0 Å². The van der Waals surface area contributed by atoms with E-state index in [1.807, 2.05) is 25.4 Å². The highest BCUT2D eigenvalue weighted by Crippen LogP contribution is 2.44.